The Morgan fingerprint density at radius 3 is 2.19 bits per heavy atom. The number of halogens is 4. The lowest BCUT2D eigenvalue weighted by Gasteiger charge is -2.25. The molecule has 0 aliphatic carbocycles. The Morgan fingerprint density at radius 2 is 1.61 bits per heavy atom. The van der Waals surface area contributed by atoms with Crippen molar-refractivity contribution < 1.29 is 30.0 Å². The first kappa shape index (κ1) is 23.7. The number of sulfonamides is 2. The number of hydrogen-bond donors (Lipinski definition) is 2. The third kappa shape index (κ3) is 5.47. The molecule has 3 rings (SSSR count). The van der Waals surface area contributed by atoms with Crippen LogP contribution in [0.25, 0.3) is 0 Å². The third-order valence-corrected chi connectivity index (χ3v) is 8.01. The highest BCUT2D eigenvalue weighted by Gasteiger charge is 2.34. The number of anilines is 1. The quantitative estimate of drug-likeness (QED) is 0.592. The number of rotatable bonds is 6. The van der Waals surface area contributed by atoms with Crippen molar-refractivity contribution in [3.8, 4) is 0 Å². The molecule has 8 nitrogen and oxygen atoms in total. The van der Waals surface area contributed by atoms with Crippen LogP contribution in [0.3, 0.4) is 0 Å². The topological polar surface area (TPSA) is 108 Å². The van der Waals surface area contributed by atoms with E-state index in [1.165, 1.54) is 16.4 Å². The molecule has 1 aromatic carbocycles. The van der Waals surface area contributed by atoms with Crippen molar-refractivity contribution in [1.29, 1.82) is 0 Å². The molecule has 2 aromatic rings. The van der Waals surface area contributed by atoms with Crippen LogP contribution in [0.15, 0.2) is 46.3 Å². The molecule has 0 atom stereocenters. The molecule has 1 saturated heterocycles. The molecule has 1 aromatic heterocycles. The number of aromatic nitrogens is 1. The van der Waals surface area contributed by atoms with E-state index in [1.807, 2.05) is 4.83 Å². The maximum absolute atomic E-state index is 13.0. The van der Waals surface area contributed by atoms with Crippen LogP contribution < -0.4 is 10.3 Å². The van der Waals surface area contributed by atoms with Gasteiger partial charge in [0, 0.05) is 19.3 Å². The van der Waals surface area contributed by atoms with Gasteiger partial charge in [-0.2, -0.15) is 17.5 Å². The van der Waals surface area contributed by atoms with Gasteiger partial charge in [-0.3, -0.25) is 5.43 Å². The van der Waals surface area contributed by atoms with Crippen molar-refractivity contribution in [3.63, 3.8) is 0 Å². The van der Waals surface area contributed by atoms with Gasteiger partial charge < -0.3 is 0 Å². The molecule has 0 bridgehead atoms. The number of hydrazine groups is 1. The summed E-state index contributed by atoms with van der Waals surface area (Å²) in [6, 6.07) is 4.66. The summed E-state index contributed by atoms with van der Waals surface area (Å²) < 4.78 is 90.1. The standard InChI is InChI=1S/C17H18ClF3N4O4S2/c18-15-6-4-12(10-14(15)17(19,20)21)30(26,27)24-23-16-7-5-13(11-22-16)31(28,29)25-8-2-1-3-9-25/h4-7,10-11,24H,1-3,8-9H2,(H,22,23). The number of hydrogen-bond acceptors (Lipinski definition) is 6. The molecule has 14 heteroatoms. The van der Waals surface area contributed by atoms with Crippen molar-refractivity contribution in [2.75, 3.05) is 18.5 Å². The molecule has 2 heterocycles. The Labute approximate surface area is 182 Å². The van der Waals surface area contributed by atoms with Crippen molar-refractivity contribution in [3.05, 3.63) is 47.1 Å². The molecule has 2 N–H and O–H groups in total. The normalized spacial score (nSPS) is 16.3. The lowest BCUT2D eigenvalue weighted by atomic mass is 10.2. The lowest BCUT2D eigenvalue weighted by Crippen LogP contribution is -2.35. The summed E-state index contributed by atoms with van der Waals surface area (Å²) in [5.74, 6) is -0.0498. The fraction of sp³-hybridized carbons (Fsp3) is 0.353. The predicted molar refractivity (Wildman–Crippen MR) is 107 cm³/mol. The van der Waals surface area contributed by atoms with Gasteiger partial charge in [-0.1, -0.05) is 18.0 Å². The Kier molecular flexibility index (Phi) is 6.81. The number of nitrogens with zero attached hydrogens (tertiary/aromatic N) is 2. The zero-order valence-electron chi connectivity index (χ0n) is 15.9. The molecule has 1 aliphatic rings. The van der Waals surface area contributed by atoms with Crippen LogP contribution in [0, 0.1) is 0 Å². The first-order chi connectivity index (χ1) is 14.4. The van der Waals surface area contributed by atoms with Crippen LogP contribution in [-0.4, -0.2) is 39.2 Å². The van der Waals surface area contributed by atoms with Gasteiger partial charge in [-0.05, 0) is 43.2 Å². The van der Waals surface area contributed by atoms with E-state index in [-0.39, 0.29) is 10.7 Å². The van der Waals surface area contributed by atoms with Gasteiger partial charge in [0.1, 0.15) is 10.7 Å². The second kappa shape index (κ2) is 8.90. The molecule has 0 amide bonds. The molecule has 1 fully saturated rings. The fourth-order valence-corrected chi connectivity index (χ4v) is 5.49. The van der Waals surface area contributed by atoms with Gasteiger partial charge in [0.05, 0.1) is 15.5 Å². The number of alkyl halides is 3. The second-order valence-electron chi connectivity index (χ2n) is 6.71. The van der Waals surface area contributed by atoms with Crippen LogP contribution in [-0.2, 0) is 26.2 Å². The van der Waals surface area contributed by atoms with Gasteiger partial charge in [-0.25, -0.2) is 21.8 Å². The average Bonchev–Trinajstić information content (AvgIpc) is 2.72. The van der Waals surface area contributed by atoms with Gasteiger partial charge in [-0.15, -0.1) is 4.83 Å². The Balaban J connectivity index is 1.73. The molecule has 0 unspecified atom stereocenters. The first-order valence-electron chi connectivity index (χ1n) is 9.02. The highest BCUT2D eigenvalue weighted by Crippen LogP contribution is 2.35. The number of pyridine rings is 1. The average molecular weight is 499 g/mol. The summed E-state index contributed by atoms with van der Waals surface area (Å²) in [6.45, 7) is 0.840. The van der Waals surface area contributed by atoms with Crippen LogP contribution in [0.1, 0.15) is 24.8 Å². The molecule has 1 aliphatic heterocycles. The predicted octanol–water partition coefficient (Wildman–Crippen LogP) is 3.23. The van der Waals surface area contributed by atoms with E-state index in [0.29, 0.717) is 19.2 Å². The molecular formula is C17H18ClF3N4O4S2. The molecular weight excluding hydrogens is 481 g/mol. The first-order valence-corrected chi connectivity index (χ1v) is 12.3. The van der Waals surface area contributed by atoms with E-state index in [0.717, 1.165) is 37.6 Å². The minimum absolute atomic E-state index is 0.0460. The van der Waals surface area contributed by atoms with E-state index in [1.54, 1.807) is 0 Å². The van der Waals surface area contributed by atoms with E-state index >= 15 is 0 Å². The smallest absolute Gasteiger partial charge is 0.292 e. The Bertz CT molecular complexity index is 1150. The largest absolute Gasteiger partial charge is 0.417 e. The maximum Gasteiger partial charge on any atom is 0.417 e. The number of nitrogens with one attached hydrogen (secondary N) is 2. The minimum atomic E-state index is -4.83. The zero-order chi connectivity index (χ0) is 22.9. The van der Waals surface area contributed by atoms with Crippen molar-refractivity contribution in [2.24, 2.45) is 0 Å². The Hall–Kier alpha value is -1.93. The summed E-state index contributed by atoms with van der Waals surface area (Å²) in [6.07, 6.45) is -1.24. The van der Waals surface area contributed by atoms with Gasteiger partial charge in [0.15, 0.2) is 0 Å². The van der Waals surface area contributed by atoms with E-state index in [9.17, 15) is 30.0 Å². The Morgan fingerprint density at radius 1 is 0.968 bits per heavy atom. The monoisotopic (exact) mass is 498 g/mol. The number of benzene rings is 1. The van der Waals surface area contributed by atoms with E-state index < -0.39 is 41.7 Å². The second-order valence-corrected chi connectivity index (χ2v) is 10.7. The van der Waals surface area contributed by atoms with E-state index in [4.69, 9.17) is 11.6 Å². The molecule has 0 spiro atoms. The molecule has 31 heavy (non-hydrogen) atoms. The minimum Gasteiger partial charge on any atom is -0.292 e. The van der Waals surface area contributed by atoms with Gasteiger partial charge in [0.2, 0.25) is 10.0 Å². The summed E-state index contributed by atoms with van der Waals surface area (Å²) in [4.78, 5) is 5.05. The summed E-state index contributed by atoms with van der Waals surface area (Å²) >= 11 is 5.50. The lowest BCUT2D eigenvalue weighted by molar-refractivity contribution is -0.137. The highest BCUT2D eigenvalue weighted by molar-refractivity contribution is 7.89. The van der Waals surface area contributed by atoms with E-state index in [2.05, 4.69) is 10.4 Å². The van der Waals surface area contributed by atoms with Crippen molar-refractivity contribution >= 4 is 37.5 Å². The summed E-state index contributed by atoms with van der Waals surface area (Å²) in [5, 5.41) is -0.633. The molecule has 170 valence electrons. The van der Waals surface area contributed by atoms with Crippen molar-refractivity contribution in [2.45, 2.75) is 35.2 Å². The fourth-order valence-electron chi connectivity index (χ4n) is 2.93. The van der Waals surface area contributed by atoms with Crippen molar-refractivity contribution in [1.82, 2.24) is 14.1 Å². The van der Waals surface area contributed by atoms with Gasteiger partial charge in [0.25, 0.3) is 10.0 Å². The van der Waals surface area contributed by atoms with Gasteiger partial charge >= 0.3 is 6.18 Å². The molecule has 0 saturated carbocycles. The number of piperidine rings is 1. The SMILES string of the molecule is O=S(=O)(NNc1ccc(S(=O)(=O)N2CCCCC2)cn1)c1ccc(Cl)c(C(F)(F)F)c1. The maximum atomic E-state index is 13.0. The third-order valence-electron chi connectivity index (χ3n) is 4.56. The molecule has 0 radical (unpaired) electrons. The summed E-state index contributed by atoms with van der Waals surface area (Å²) in [5.41, 5.74) is 0.953. The van der Waals surface area contributed by atoms with Crippen LogP contribution >= 0.6 is 11.6 Å². The van der Waals surface area contributed by atoms with Crippen LogP contribution in [0.2, 0.25) is 5.02 Å². The zero-order valence-corrected chi connectivity index (χ0v) is 18.2. The van der Waals surface area contributed by atoms with Crippen LogP contribution in [0.4, 0.5) is 19.0 Å². The summed E-state index contributed by atoms with van der Waals surface area (Å²) in [7, 11) is -8.10. The van der Waals surface area contributed by atoms with Crippen LogP contribution in [0.5, 0.6) is 0 Å². The highest BCUT2D eigenvalue weighted by atomic mass is 35.5.